The van der Waals surface area contributed by atoms with Gasteiger partial charge in [0.2, 0.25) is 0 Å². The highest BCUT2D eigenvalue weighted by Crippen LogP contribution is 2.37. The Hall–Kier alpha value is -2.19. The van der Waals surface area contributed by atoms with E-state index in [1.54, 1.807) is 31.4 Å². The second-order valence-electron chi connectivity index (χ2n) is 6.15. The van der Waals surface area contributed by atoms with E-state index in [4.69, 9.17) is 13.7 Å². The summed E-state index contributed by atoms with van der Waals surface area (Å²) in [7, 11) is -2.89. The Bertz CT molecular complexity index is 1120. The molecule has 1 heterocycles. The molecule has 0 spiro atoms. The molecule has 1 aliphatic heterocycles. The van der Waals surface area contributed by atoms with Crippen molar-refractivity contribution < 1.29 is 22.4 Å². The maximum atomic E-state index is 14.1. The van der Waals surface area contributed by atoms with Crippen LogP contribution in [0.25, 0.3) is 16.8 Å². The zero-order valence-corrected chi connectivity index (χ0v) is 17.8. The van der Waals surface area contributed by atoms with Crippen molar-refractivity contribution in [3.05, 3.63) is 74.7 Å². The van der Waals surface area contributed by atoms with Crippen molar-refractivity contribution in [1.29, 1.82) is 0 Å². The van der Waals surface area contributed by atoms with Gasteiger partial charge in [-0.05, 0) is 67.1 Å². The fourth-order valence-corrected chi connectivity index (χ4v) is 4.65. The quantitative estimate of drug-likeness (QED) is 0.227. The maximum Gasteiger partial charge on any atom is 0.995 e. The molecular weight excluding hydrogens is 497 g/mol. The van der Waals surface area contributed by atoms with Crippen molar-refractivity contribution in [2.75, 3.05) is 7.11 Å². The fraction of sp³-hybridized carbons (Fsp3) is 0.0500. The largest absolute Gasteiger partial charge is 0.995 e. The first kappa shape index (κ1) is 19.1. The van der Waals surface area contributed by atoms with Gasteiger partial charge >= 0.3 is 7.11 Å². The molecule has 0 unspecified atom stereocenters. The molecular formula is C20H13BBr2F2O3. The molecule has 28 heavy (non-hydrogen) atoms. The van der Waals surface area contributed by atoms with E-state index in [1.165, 1.54) is 6.08 Å². The molecule has 3 aromatic rings. The van der Waals surface area contributed by atoms with E-state index in [2.05, 4.69) is 31.9 Å². The highest BCUT2D eigenvalue weighted by Gasteiger charge is 2.53. The van der Waals surface area contributed by atoms with Crippen LogP contribution in [0.3, 0.4) is 0 Å². The summed E-state index contributed by atoms with van der Waals surface area (Å²) in [5, 5.41) is 1.44. The lowest BCUT2D eigenvalue weighted by atomic mass is 9.98. The van der Waals surface area contributed by atoms with Crippen LogP contribution in [0, 0.1) is 0 Å². The Morgan fingerprint density at radius 1 is 1.04 bits per heavy atom. The predicted molar refractivity (Wildman–Crippen MR) is 114 cm³/mol. The van der Waals surface area contributed by atoms with Crippen LogP contribution in [0.4, 0.5) is 8.63 Å². The number of ketones is 1. The van der Waals surface area contributed by atoms with Gasteiger partial charge in [-0.3, -0.25) is 0 Å². The monoisotopic (exact) mass is 508 g/mol. The van der Waals surface area contributed by atoms with Crippen LogP contribution in [0.15, 0.2) is 63.6 Å². The maximum absolute atomic E-state index is 14.1. The second kappa shape index (κ2) is 7.33. The Balaban J connectivity index is 1.79. The zero-order chi connectivity index (χ0) is 19.9. The number of ether oxygens (including phenoxy) is 1. The van der Waals surface area contributed by atoms with Crippen molar-refractivity contribution in [3.63, 3.8) is 0 Å². The van der Waals surface area contributed by atoms with E-state index in [1.807, 2.05) is 30.3 Å². The minimum atomic E-state index is -4.46. The average molecular weight is 510 g/mol. The highest BCUT2D eigenvalue weighted by molar-refractivity contribution is 9.11. The Labute approximate surface area is 177 Å². The van der Waals surface area contributed by atoms with Gasteiger partial charge in [-0.2, -0.15) is 0 Å². The molecule has 0 fully saturated rings. The average Bonchev–Trinajstić information content (AvgIpc) is 2.65. The molecule has 3 nitrogen and oxygen atoms in total. The number of rotatable bonds is 3. The van der Waals surface area contributed by atoms with Crippen LogP contribution in [-0.4, -0.2) is 20.0 Å². The lowest BCUT2D eigenvalue weighted by Gasteiger charge is -2.21. The van der Waals surface area contributed by atoms with Gasteiger partial charge < -0.3 is 22.4 Å². The number of carbonyl (C=O) groups excluding carboxylic acids is 1. The SMILES string of the molecule is COc1c(Br)cc(/C=C/C2=[O+][B-](F)(F)Oc3c2ccc2ccccc32)cc1Br. The van der Waals surface area contributed by atoms with Crippen molar-refractivity contribution in [3.8, 4) is 11.5 Å². The van der Waals surface area contributed by atoms with E-state index in [0.29, 0.717) is 16.7 Å². The fourth-order valence-electron chi connectivity index (χ4n) is 3.11. The van der Waals surface area contributed by atoms with Gasteiger partial charge in [0.25, 0.3) is 5.78 Å². The van der Waals surface area contributed by atoms with E-state index in [9.17, 15) is 8.63 Å². The van der Waals surface area contributed by atoms with E-state index >= 15 is 0 Å². The van der Waals surface area contributed by atoms with Crippen LogP contribution >= 0.6 is 31.9 Å². The summed E-state index contributed by atoms with van der Waals surface area (Å²) < 4.78 is 44.8. The van der Waals surface area contributed by atoms with Crippen LogP contribution < -0.4 is 9.39 Å². The molecule has 3 aromatic carbocycles. The summed E-state index contributed by atoms with van der Waals surface area (Å²) in [6.45, 7) is 0. The van der Waals surface area contributed by atoms with Gasteiger partial charge in [0.15, 0.2) is 0 Å². The Kier molecular flexibility index (Phi) is 5.01. The number of halogens is 4. The lowest BCUT2D eigenvalue weighted by Crippen LogP contribution is -2.35. The number of hydrogen-bond donors (Lipinski definition) is 0. The van der Waals surface area contributed by atoms with Gasteiger partial charge in [-0.25, -0.2) is 0 Å². The lowest BCUT2D eigenvalue weighted by molar-refractivity contribution is -0.179. The number of methoxy groups -OCH3 is 1. The summed E-state index contributed by atoms with van der Waals surface area (Å²) in [5.74, 6) is 0.838. The topological polar surface area (TPSA) is 29.8 Å². The molecule has 0 aromatic heterocycles. The first-order valence-electron chi connectivity index (χ1n) is 8.36. The van der Waals surface area contributed by atoms with Crippen molar-refractivity contribution in [2.24, 2.45) is 0 Å². The smallest absolute Gasteiger partial charge is 0.568 e. The van der Waals surface area contributed by atoms with Crippen molar-refractivity contribution in [1.82, 2.24) is 0 Å². The highest BCUT2D eigenvalue weighted by atomic mass is 79.9. The third-order valence-electron chi connectivity index (χ3n) is 4.32. The van der Waals surface area contributed by atoms with Crippen molar-refractivity contribution >= 4 is 61.6 Å². The molecule has 8 heteroatoms. The summed E-state index contributed by atoms with van der Waals surface area (Å²) in [4.78, 5) is 0. The first-order valence-corrected chi connectivity index (χ1v) is 9.95. The van der Waals surface area contributed by atoms with Crippen LogP contribution in [0.1, 0.15) is 15.5 Å². The van der Waals surface area contributed by atoms with Crippen LogP contribution in [0.2, 0.25) is 0 Å². The molecule has 0 aliphatic carbocycles. The third kappa shape index (κ3) is 3.58. The molecule has 0 radical (unpaired) electrons. The molecule has 4 rings (SSSR count). The summed E-state index contributed by atoms with van der Waals surface area (Å²) in [5.41, 5.74) is 1.26. The normalized spacial score (nSPS) is 15.2. The third-order valence-corrected chi connectivity index (χ3v) is 5.49. The summed E-state index contributed by atoms with van der Waals surface area (Å²) in [6.07, 6.45) is 3.22. The molecule has 1 aliphatic rings. The predicted octanol–water partition coefficient (Wildman–Crippen LogP) is 6.57. The van der Waals surface area contributed by atoms with Crippen LogP contribution in [0.5, 0.6) is 11.5 Å². The molecule has 0 saturated heterocycles. The molecule has 0 saturated carbocycles. The zero-order valence-electron chi connectivity index (χ0n) is 14.6. The van der Waals surface area contributed by atoms with Gasteiger partial charge in [-0.1, -0.05) is 30.3 Å². The van der Waals surface area contributed by atoms with E-state index in [-0.39, 0.29) is 11.5 Å². The van der Waals surface area contributed by atoms with Gasteiger partial charge in [0.1, 0.15) is 17.1 Å². The van der Waals surface area contributed by atoms with E-state index < -0.39 is 7.11 Å². The number of benzene rings is 3. The standard InChI is InChI=1S/C20H13BBr2F2O3/c1-26-20-16(22)10-12(11-17(20)23)6-9-18-15-8-7-13-4-2-3-5-14(13)19(15)28-21(24,25)27-18/h2-11H,1H3/b9-6+. The second-order valence-corrected chi connectivity index (χ2v) is 7.86. The molecule has 142 valence electrons. The Morgan fingerprint density at radius 3 is 2.46 bits per heavy atom. The number of allylic oxidation sites excluding steroid dienone is 1. The minimum absolute atomic E-state index is 0.0556. The minimum Gasteiger partial charge on any atom is -0.568 e. The van der Waals surface area contributed by atoms with E-state index in [0.717, 1.165) is 19.9 Å². The first-order chi connectivity index (χ1) is 13.4. The van der Waals surface area contributed by atoms with Crippen molar-refractivity contribution in [2.45, 2.75) is 0 Å². The summed E-state index contributed by atoms with van der Waals surface area (Å²) in [6, 6.07) is 14.5. The molecule has 0 atom stereocenters. The number of fused-ring (bicyclic) bond motifs is 3. The van der Waals surface area contributed by atoms with Crippen LogP contribution in [-0.2, 0) is 0 Å². The molecule has 0 bridgehead atoms. The van der Waals surface area contributed by atoms with Gasteiger partial charge in [0.05, 0.1) is 16.1 Å². The molecule has 0 amide bonds. The molecule has 0 N–H and O–H groups in total. The summed E-state index contributed by atoms with van der Waals surface area (Å²) >= 11 is 6.86. The number of hydrogen-bond acceptors (Lipinski definition) is 2. The van der Waals surface area contributed by atoms with Gasteiger partial charge in [-0.15, -0.1) is 0 Å². The van der Waals surface area contributed by atoms with Gasteiger partial charge in [0, 0.05) is 11.5 Å². The Morgan fingerprint density at radius 2 is 1.75 bits per heavy atom.